The molecule has 0 aliphatic heterocycles. The summed E-state index contributed by atoms with van der Waals surface area (Å²) >= 11 is 0. The Balaban J connectivity index is 1.18. The molecule has 0 atom stereocenters. The van der Waals surface area contributed by atoms with E-state index in [-0.39, 0.29) is 0 Å². The maximum atomic E-state index is 11.0. The van der Waals surface area contributed by atoms with Gasteiger partial charge in [-0.2, -0.15) is 0 Å². The number of rotatable bonds is 19. The van der Waals surface area contributed by atoms with Crippen molar-refractivity contribution in [1.82, 2.24) is 0 Å². The maximum Gasteiger partial charge on any atom is 0.330 e. The van der Waals surface area contributed by atoms with Gasteiger partial charge in [0.25, 0.3) is 0 Å². The van der Waals surface area contributed by atoms with Crippen LogP contribution in [0.4, 0.5) is 0 Å². The number of benzene rings is 4. The topological polar surface area (TPSA) is 71.1 Å². The zero-order chi connectivity index (χ0) is 33.8. The van der Waals surface area contributed by atoms with E-state index in [1.807, 2.05) is 48.5 Å². The molecule has 0 saturated heterocycles. The van der Waals surface area contributed by atoms with Gasteiger partial charge in [0.15, 0.2) is 0 Å². The minimum atomic E-state index is -0.394. The van der Waals surface area contributed by atoms with Crippen molar-refractivity contribution >= 4 is 36.2 Å². The summed E-state index contributed by atoms with van der Waals surface area (Å²) in [5, 5.41) is 0. The molecule has 0 N–H and O–H groups in total. The highest BCUT2D eigenvalue weighted by Gasteiger charge is 2.01. The molecule has 48 heavy (non-hydrogen) atoms. The number of carbonyl (C=O) groups is 2. The van der Waals surface area contributed by atoms with Gasteiger partial charge in [0.05, 0.1) is 26.4 Å². The first kappa shape index (κ1) is 35.2. The summed E-state index contributed by atoms with van der Waals surface area (Å²) in [6, 6.07) is 33.0. The Morgan fingerprint density at radius 2 is 0.729 bits per heavy atom. The molecule has 0 aliphatic rings. The van der Waals surface area contributed by atoms with Crippen LogP contribution in [0, 0.1) is 0 Å². The van der Waals surface area contributed by atoms with Gasteiger partial charge in [0.2, 0.25) is 0 Å². The summed E-state index contributed by atoms with van der Waals surface area (Å²) < 4.78 is 21.5. The zero-order valence-electron chi connectivity index (χ0n) is 27.2. The third-order valence-corrected chi connectivity index (χ3v) is 7.29. The van der Waals surface area contributed by atoms with Gasteiger partial charge in [-0.1, -0.05) is 110 Å². The van der Waals surface area contributed by atoms with Crippen LogP contribution in [0.25, 0.3) is 35.4 Å². The normalized spacial score (nSPS) is 10.9. The Morgan fingerprint density at radius 3 is 1.04 bits per heavy atom. The number of esters is 2. The number of hydrogen-bond donors (Lipinski definition) is 0. The van der Waals surface area contributed by atoms with Crippen LogP contribution in [-0.4, -0.2) is 38.4 Å². The van der Waals surface area contributed by atoms with Crippen LogP contribution in [0.3, 0.4) is 0 Å². The first-order chi connectivity index (χ1) is 23.5. The van der Waals surface area contributed by atoms with Crippen molar-refractivity contribution in [3.8, 4) is 22.6 Å². The molecule has 0 heterocycles. The molecule has 0 spiro atoms. The minimum absolute atomic E-state index is 0.375. The molecule has 4 rings (SSSR count). The Hall–Kier alpha value is -5.62. The molecule has 0 amide bonds. The first-order valence-electron chi connectivity index (χ1n) is 16.1. The second-order valence-electron chi connectivity index (χ2n) is 10.9. The third kappa shape index (κ3) is 12.6. The van der Waals surface area contributed by atoms with E-state index in [2.05, 4.69) is 86.0 Å². The molecule has 0 unspecified atom stereocenters. The van der Waals surface area contributed by atoms with E-state index in [4.69, 9.17) is 18.9 Å². The second-order valence-corrected chi connectivity index (χ2v) is 10.9. The van der Waals surface area contributed by atoms with Crippen molar-refractivity contribution in [2.75, 3.05) is 26.4 Å². The highest BCUT2D eigenvalue weighted by Crippen LogP contribution is 2.23. The molecule has 4 aromatic carbocycles. The predicted molar refractivity (Wildman–Crippen MR) is 194 cm³/mol. The molecule has 0 aromatic heterocycles. The Bertz CT molecular complexity index is 1520. The standard InChI is InChI=1S/C42H42O6/c1-3-41(43)47-31-7-5-29-45-39-25-17-35(18-26-39)11-9-33-13-21-37(22-14-33)38-23-15-34(16-24-38)10-12-36-19-27-40(28-20-36)46-30-6-8-32-48-42(44)4-2/h3-4,9-28H,1-2,5-8,29-32H2. The van der Waals surface area contributed by atoms with Crippen LogP contribution >= 0.6 is 0 Å². The quantitative estimate of drug-likeness (QED) is 0.0439. The van der Waals surface area contributed by atoms with Crippen molar-refractivity contribution in [1.29, 1.82) is 0 Å². The molecule has 0 bridgehead atoms. The number of hydrogen-bond acceptors (Lipinski definition) is 6. The molecule has 0 fully saturated rings. The summed E-state index contributed by atoms with van der Waals surface area (Å²) in [6.07, 6.45) is 13.8. The van der Waals surface area contributed by atoms with E-state index in [0.29, 0.717) is 26.4 Å². The van der Waals surface area contributed by atoms with Gasteiger partial charge in [-0.25, -0.2) is 9.59 Å². The SMILES string of the molecule is C=CC(=O)OCCCCOc1ccc(C=Cc2ccc(-c3ccc(C=Cc4ccc(OCCCCOC(=O)C=C)cc4)cc3)cc2)cc1. The van der Waals surface area contributed by atoms with E-state index in [0.717, 1.165) is 70.6 Å². The fourth-order valence-corrected chi connectivity index (χ4v) is 4.56. The van der Waals surface area contributed by atoms with Gasteiger partial charge in [0.1, 0.15) is 11.5 Å². The summed E-state index contributed by atoms with van der Waals surface area (Å²) in [4.78, 5) is 22.1. The smallest absolute Gasteiger partial charge is 0.330 e. The van der Waals surface area contributed by atoms with Gasteiger partial charge in [-0.05, 0) is 83.3 Å². The molecule has 6 nitrogen and oxygen atoms in total. The molecule has 0 aliphatic carbocycles. The Morgan fingerprint density at radius 1 is 0.438 bits per heavy atom. The molecule has 4 aromatic rings. The van der Waals surface area contributed by atoms with Crippen molar-refractivity contribution in [3.63, 3.8) is 0 Å². The maximum absolute atomic E-state index is 11.0. The van der Waals surface area contributed by atoms with Crippen LogP contribution in [0.1, 0.15) is 47.9 Å². The molecule has 6 heteroatoms. The lowest BCUT2D eigenvalue weighted by Crippen LogP contribution is -2.04. The fourth-order valence-electron chi connectivity index (χ4n) is 4.56. The molecular formula is C42H42O6. The Labute approximate surface area is 283 Å². The van der Waals surface area contributed by atoms with Crippen LogP contribution in [0.15, 0.2) is 122 Å². The average Bonchev–Trinajstić information content (AvgIpc) is 3.13. The summed E-state index contributed by atoms with van der Waals surface area (Å²) in [6.45, 7) is 8.65. The van der Waals surface area contributed by atoms with Crippen molar-refractivity contribution in [2.24, 2.45) is 0 Å². The van der Waals surface area contributed by atoms with E-state index < -0.39 is 11.9 Å². The van der Waals surface area contributed by atoms with Gasteiger partial charge >= 0.3 is 11.9 Å². The van der Waals surface area contributed by atoms with E-state index in [9.17, 15) is 9.59 Å². The van der Waals surface area contributed by atoms with Gasteiger partial charge in [-0.15, -0.1) is 0 Å². The fraction of sp³-hybridized carbons (Fsp3) is 0.190. The van der Waals surface area contributed by atoms with Gasteiger partial charge < -0.3 is 18.9 Å². The summed E-state index contributed by atoms with van der Waals surface area (Å²) in [5.74, 6) is 0.844. The van der Waals surface area contributed by atoms with Crippen LogP contribution in [0.5, 0.6) is 11.5 Å². The first-order valence-corrected chi connectivity index (χ1v) is 16.1. The number of unbranched alkanes of at least 4 members (excludes halogenated alkanes) is 2. The molecule has 0 radical (unpaired) electrons. The number of carbonyl (C=O) groups excluding carboxylic acids is 2. The lowest BCUT2D eigenvalue weighted by molar-refractivity contribution is -0.138. The molecule has 0 saturated carbocycles. The lowest BCUT2D eigenvalue weighted by Gasteiger charge is -2.07. The summed E-state index contributed by atoms with van der Waals surface area (Å²) in [7, 11) is 0. The van der Waals surface area contributed by atoms with Crippen molar-refractivity contribution < 1.29 is 28.5 Å². The predicted octanol–water partition coefficient (Wildman–Crippen LogP) is 9.47. The van der Waals surface area contributed by atoms with Gasteiger partial charge in [0, 0.05) is 12.2 Å². The van der Waals surface area contributed by atoms with E-state index in [1.54, 1.807) is 0 Å². The van der Waals surface area contributed by atoms with Crippen molar-refractivity contribution in [2.45, 2.75) is 25.7 Å². The average molecular weight is 643 g/mol. The lowest BCUT2D eigenvalue weighted by atomic mass is 10.0. The number of ether oxygens (including phenoxy) is 4. The zero-order valence-corrected chi connectivity index (χ0v) is 27.2. The minimum Gasteiger partial charge on any atom is -0.494 e. The van der Waals surface area contributed by atoms with Crippen LogP contribution in [-0.2, 0) is 19.1 Å². The van der Waals surface area contributed by atoms with Crippen molar-refractivity contribution in [3.05, 3.63) is 145 Å². The molecule has 246 valence electrons. The van der Waals surface area contributed by atoms with Crippen LogP contribution in [0.2, 0.25) is 0 Å². The Kier molecular flexibility index (Phi) is 14.5. The van der Waals surface area contributed by atoms with E-state index in [1.165, 1.54) is 12.2 Å². The monoisotopic (exact) mass is 642 g/mol. The summed E-state index contributed by atoms with van der Waals surface area (Å²) in [5.41, 5.74) is 6.76. The third-order valence-electron chi connectivity index (χ3n) is 7.29. The largest absolute Gasteiger partial charge is 0.494 e. The second kappa shape index (κ2) is 19.8. The highest BCUT2D eigenvalue weighted by atomic mass is 16.5. The molecular weight excluding hydrogens is 600 g/mol. The van der Waals surface area contributed by atoms with E-state index >= 15 is 0 Å². The highest BCUT2D eigenvalue weighted by molar-refractivity contribution is 5.81. The van der Waals surface area contributed by atoms with Crippen LogP contribution < -0.4 is 9.47 Å². The van der Waals surface area contributed by atoms with Gasteiger partial charge in [-0.3, -0.25) is 0 Å².